The number of amides is 2. The van der Waals surface area contributed by atoms with Gasteiger partial charge in [0.05, 0.1) is 25.8 Å². The molecule has 0 saturated carbocycles. The van der Waals surface area contributed by atoms with Gasteiger partial charge in [0.2, 0.25) is 5.91 Å². The zero-order valence-electron chi connectivity index (χ0n) is 16.1. The molecule has 0 bridgehead atoms. The van der Waals surface area contributed by atoms with Crippen LogP contribution in [0.3, 0.4) is 0 Å². The predicted molar refractivity (Wildman–Crippen MR) is 116 cm³/mol. The first-order chi connectivity index (χ1) is 13.4. The van der Waals surface area contributed by atoms with Gasteiger partial charge in [-0.25, -0.2) is 0 Å². The molecule has 1 saturated heterocycles. The molecule has 1 aliphatic heterocycles. The lowest BCUT2D eigenvalue weighted by atomic mass is 10.1. The topological polar surface area (TPSA) is 67.9 Å². The lowest BCUT2D eigenvalue weighted by Gasteiger charge is -2.20. The first kappa shape index (κ1) is 20.4. The first-order valence-electron chi connectivity index (χ1n) is 9.07. The fraction of sp³-hybridized carbons (Fsp3) is 0.333. The minimum atomic E-state index is -0.214. The van der Waals surface area contributed by atoms with E-state index in [1.807, 2.05) is 31.2 Å². The van der Waals surface area contributed by atoms with Crippen molar-refractivity contribution < 1.29 is 19.1 Å². The van der Waals surface area contributed by atoms with Crippen LogP contribution >= 0.6 is 22.6 Å². The maximum atomic E-state index is 12.8. The quantitative estimate of drug-likeness (QED) is 0.619. The smallest absolute Gasteiger partial charge is 0.252 e. The number of halogens is 1. The van der Waals surface area contributed by atoms with Crippen molar-refractivity contribution in [1.29, 1.82) is 0 Å². The van der Waals surface area contributed by atoms with Gasteiger partial charge in [0.25, 0.3) is 5.91 Å². The highest BCUT2D eigenvalue weighted by Crippen LogP contribution is 2.32. The molecule has 2 aromatic carbocycles. The molecular formula is C21H23IN2O4. The van der Waals surface area contributed by atoms with Gasteiger partial charge >= 0.3 is 0 Å². The van der Waals surface area contributed by atoms with Crippen LogP contribution in [0.25, 0.3) is 0 Å². The van der Waals surface area contributed by atoms with Crippen LogP contribution in [0.15, 0.2) is 36.4 Å². The monoisotopic (exact) mass is 494 g/mol. The molecule has 0 aliphatic carbocycles. The van der Waals surface area contributed by atoms with E-state index in [4.69, 9.17) is 9.47 Å². The molecule has 28 heavy (non-hydrogen) atoms. The normalized spacial score (nSPS) is 14.7. The summed E-state index contributed by atoms with van der Waals surface area (Å²) in [5.41, 5.74) is 2.35. The van der Waals surface area contributed by atoms with Gasteiger partial charge in [-0.1, -0.05) is 12.1 Å². The average Bonchev–Trinajstić information content (AvgIpc) is 3.13. The molecule has 1 atom stereocenters. The molecule has 7 heteroatoms. The second-order valence-corrected chi connectivity index (χ2v) is 7.79. The minimum Gasteiger partial charge on any atom is -0.493 e. The van der Waals surface area contributed by atoms with Crippen molar-refractivity contribution in [1.82, 2.24) is 5.32 Å². The minimum absolute atomic E-state index is 0.147. The number of benzene rings is 2. The lowest BCUT2D eigenvalue weighted by Crippen LogP contribution is -2.28. The second-order valence-electron chi connectivity index (χ2n) is 6.63. The van der Waals surface area contributed by atoms with Gasteiger partial charge in [-0.15, -0.1) is 0 Å². The van der Waals surface area contributed by atoms with Crippen LogP contribution in [0.4, 0.5) is 5.69 Å². The molecular weight excluding hydrogens is 471 g/mol. The first-order valence-corrected chi connectivity index (χ1v) is 10.1. The van der Waals surface area contributed by atoms with E-state index >= 15 is 0 Å². The van der Waals surface area contributed by atoms with E-state index in [-0.39, 0.29) is 17.9 Å². The fourth-order valence-corrected chi connectivity index (χ4v) is 3.95. The molecule has 3 rings (SSSR count). The third kappa shape index (κ3) is 4.24. The lowest BCUT2D eigenvalue weighted by molar-refractivity contribution is -0.117. The fourth-order valence-electron chi connectivity index (χ4n) is 3.27. The summed E-state index contributed by atoms with van der Waals surface area (Å²) in [6.45, 7) is 2.67. The Hall–Kier alpha value is -2.29. The largest absolute Gasteiger partial charge is 0.493 e. The van der Waals surface area contributed by atoms with E-state index < -0.39 is 0 Å². The van der Waals surface area contributed by atoms with E-state index in [0.717, 1.165) is 27.8 Å². The standard InChI is InChI=1S/C21H23IN2O4/c1-13(14-6-4-7-15(10-14)24-9-5-8-20(24)25)23-21(26)16-11-18(27-2)19(28-3)12-17(16)22/h4,6-7,10-13H,5,8-9H2,1-3H3,(H,23,26). The Morgan fingerprint density at radius 3 is 2.54 bits per heavy atom. The summed E-state index contributed by atoms with van der Waals surface area (Å²) >= 11 is 2.11. The summed E-state index contributed by atoms with van der Waals surface area (Å²) in [5.74, 6) is 1.05. The van der Waals surface area contributed by atoms with Gasteiger partial charge in [-0.05, 0) is 65.8 Å². The van der Waals surface area contributed by atoms with Gasteiger partial charge in [0.15, 0.2) is 11.5 Å². The molecule has 6 nitrogen and oxygen atoms in total. The van der Waals surface area contributed by atoms with E-state index in [0.29, 0.717) is 23.5 Å². The summed E-state index contributed by atoms with van der Waals surface area (Å²) in [7, 11) is 3.11. The van der Waals surface area contributed by atoms with Gasteiger partial charge in [0.1, 0.15) is 0 Å². The van der Waals surface area contributed by atoms with Crippen molar-refractivity contribution in [3.05, 3.63) is 51.1 Å². The van der Waals surface area contributed by atoms with Crippen LogP contribution in [0.5, 0.6) is 11.5 Å². The van der Waals surface area contributed by atoms with Crippen LogP contribution in [0, 0.1) is 3.57 Å². The Bertz CT molecular complexity index is 900. The highest BCUT2D eigenvalue weighted by Gasteiger charge is 2.23. The number of rotatable bonds is 6. The highest BCUT2D eigenvalue weighted by molar-refractivity contribution is 14.1. The Morgan fingerprint density at radius 2 is 1.89 bits per heavy atom. The van der Waals surface area contributed by atoms with Crippen molar-refractivity contribution in [3.8, 4) is 11.5 Å². The molecule has 1 aliphatic rings. The van der Waals surface area contributed by atoms with Crippen LogP contribution in [-0.4, -0.2) is 32.6 Å². The molecule has 1 unspecified atom stereocenters. The number of ether oxygens (including phenoxy) is 2. The summed E-state index contributed by atoms with van der Waals surface area (Å²) in [4.78, 5) is 26.6. The molecule has 1 heterocycles. The zero-order valence-corrected chi connectivity index (χ0v) is 18.3. The summed E-state index contributed by atoms with van der Waals surface area (Å²) in [5, 5.41) is 3.03. The van der Waals surface area contributed by atoms with Crippen molar-refractivity contribution in [2.75, 3.05) is 25.7 Å². The molecule has 0 radical (unpaired) electrons. The van der Waals surface area contributed by atoms with Crippen LogP contribution in [-0.2, 0) is 4.79 Å². The molecule has 2 aromatic rings. The molecule has 1 N–H and O–H groups in total. The predicted octanol–water partition coefficient (Wildman–Crippen LogP) is 3.93. The van der Waals surface area contributed by atoms with Gasteiger partial charge < -0.3 is 19.7 Å². The number of hydrogen-bond donors (Lipinski definition) is 1. The Labute approximate surface area is 178 Å². The van der Waals surface area contributed by atoms with Gasteiger partial charge in [-0.3, -0.25) is 9.59 Å². The highest BCUT2D eigenvalue weighted by atomic mass is 127. The van der Waals surface area contributed by atoms with E-state index in [1.165, 1.54) is 0 Å². The second kappa shape index (κ2) is 8.81. The number of anilines is 1. The number of carbonyl (C=O) groups excluding carboxylic acids is 2. The van der Waals surface area contributed by atoms with E-state index in [9.17, 15) is 9.59 Å². The van der Waals surface area contributed by atoms with Crippen molar-refractivity contribution >= 4 is 40.1 Å². The molecule has 0 spiro atoms. The van der Waals surface area contributed by atoms with E-state index in [2.05, 4.69) is 27.9 Å². The molecule has 1 fully saturated rings. The Morgan fingerprint density at radius 1 is 1.18 bits per heavy atom. The third-order valence-electron chi connectivity index (χ3n) is 4.82. The number of nitrogens with one attached hydrogen (secondary N) is 1. The summed E-state index contributed by atoms with van der Waals surface area (Å²) in [6, 6.07) is 11.0. The Balaban J connectivity index is 1.79. The van der Waals surface area contributed by atoms with Crippen molar-refractivity contribution in [2.45, 2.75) is 25.8 Å². The van der Waals surface area contributed by atoms with Gasteiger partial charge in [-0.2, -0.15) is 0 Å². The zero-order chi connectivity index (χ0) is 20.3. The van der Waals surface area contributed by atoms with Crippen molar-refractivity contribution in [2.24, 2.45) is 0 Å². The summed E-state index contributed by atoms with van der Waals surface area (Å²) in [6.07, 6.45) is 1.47. The number of carbonyl (C=O) groups is 2. The molecule has 148 valence electrons. The van der Waals surface area contributed by atoms with Crippen LogP contribution < -0.4 is 19.7 Å². The van der Waals surface area contributed by atoms with E-state index in [1.54, 1.807) is 31.3 Å². The molecule has 0 aromatic heterocycles. The van der Waals surface area contributed by atoms with Gasteiger partial charge in [0, 0.05) is 22.2 Å². The number of nitrogens with zero attached hydrogens (tertiary/aromatic N) is 1. The SMILES string of the molecule is COc1cc(I)c(C(=O)NC(C)c2cccc(N3CCCC3=O)c2)cc1OC. The van der Waals surface area contributed by atoms with Crippen LogP contribution in [0.1, 0.15) is 41.7 Å². The third-order valence-corrected chi connectivity index (χ3v) is 5.71. The summed E-state index contributed by atoms with van der Waals surface area (Å²) < 4.78 is 11.4. The maximum Gasteiger partial charge on any atom is 0.252 e. The molecule has 2 amide bonds. The Kier molecular flexibility index (Phi) is 6.43. The number of hydrogen-bond acceptors (Lipinski definition) is 4. The number of methoxy groups -OCH3 is 2. The van der Waals surface area contributed by atoms with Crippen molar-refractivity contribution in [3.63, 3.8) is 0 Å². The maximum absolute atomic E-state index is 12.8. The average molecular weight is 494 g/mol. The van der Waals surface area contributed by atoms with Crippen LogP contribution in [0.2, 0.25) is 0 Å².